The molecule has 2 aromatic rings. The minimum atomic E-state index is -0.689. The van der Waals surface area contributed by atoms with Crippen LogP contribution in [0.4, 0.5) is 0 Å². The van der Waals surface area contributed by atoms with Gasteiger partial charge < -0.3 is 4.74 Å². The van der Waals surface area contributed by atoms with Crippen LogP contribution in [0.1, 0.15) is 38.2 Å². The third-order valence-corrected chi connectivity index (χ3v) is 8.34. The van der Waals surface area contributed by atoms with Crippen molar-refractivity contribution in [1.29, 1.82) is 0 Å². The standard InChI is InChI=1S/C19H26OSi/c1-2-3-12-20-15-16-10-11-19(21-13-6-7-14-21)18-9-5-4-8-17(16)18/h4-5,8-11,21H,2-3,6-7,12-15H2,1H3. The lowest BCUT2D eigenvalue weighted by Gasteiger charge is -2.15. The number of hydrogen-bond donors (Lipinski definition) is 0. The van der Waals surface area contributed by atoms with Crippen molar-refractivity contribution in [3.63, 3.8) is 0 Å². The molecule has 112 valence electrons. The van der Waals surface area contributed by atoms with Crippen LogP contribution in [0.25, 0.3) is 10.8 Å². The van der Waals surface area contributed by atoms with E-state index in [1.165, 1.54) is 47.7 Å². The lowest BCUT2D eigenvalue weighted by molar-refractivity contribution is 0.119. The number of unbranched alkanes of at least 4 members (excludes halogenated alkanes) is 1. The maximum Gasteiger partial charge on any atom is 0.0722 e. The SMILES string of the molecule is CCCCOCc1ccc([SiH]2CCCC2)c2ccccc12. The van der Waals surface area contributed by atoms with Crippen molar-refractivity contribution in [2.75, 3.05) is 6.61 Å². The highest BCUT2D eigenvalue weighted by Gasteiger charge is 2.21. The number of fused-ring (bicyclic) bond motifs is 1. The van der Waals surface area contributed by atoms with Crippen molar-refractivity contribution in [3.8, 4) is 0 Å². The second kappa shape index (κ2) is 7.23. The Hall–Kier alpha value is -1.12. The van der Waals surface area contributed by atoms with Crippen LogP contribution in [0, 0.1) is 0 Å². The molecular weight excluding hydrogens is 272 g/mol. The van der Waals surface area contributed by atoms with Crippen molar-refractivity contribution in [2.24, 2.45) is 0 Å². The van der Waals surface area contributed by atoms with Gasteiger partial charge in [-0.2, -0.15) is 0 Å². The van der Waals surface area contributed by atoms with Crippen LogP contribution in [-0.2, 0) is 11.3 Å². The highest BCUT2D eigenvalue weighted by Crippen LogP contribution is 2.24. The van der Waals surface area contributed by atoms with E-state index in [1.807, 2.05) is 0 Å². The van der Waals surface area contributed by atoms with Crippen LogP contribution < -0.4 is 5.19 Å². The largest absolute Gasteiger partial charge is 0.377 e. The predicted molar refractivity (Wildman–Crippen MR) is 94.1 cm³/mol. The van der Waals surface area contributed by atoms with Crippen LogP contribution in [0.2, 0.25) is 12.1 Å². The molecule has 21 heavy (non-hydrogen) atoms. The van der Waals surface area contributed by atoms with Crippen LogP contribution >= 0.6 is 0 Å². The summed E-state index contributed by atoms with van der Waals surface area (Å²) in [6.07, 6.45) is 5.26. The van der Waals surface area contributed by atoms with Crippen LogP contribution in [-0.4, -0.2) is 15.4 Å². The maximum absolute atomic E-state index is 5.84. The Balaban J connectivity index is 1.87. The third kappa shape index (κ3) is 3.38. The molecule has 0 radical (unpaired) electrons. The van der Waals surface area contributed by atoms with E-state index in [0.29, 0.717) is 0 Å². The van der Waals surface area contributed by atoms with Crippen LogP contribution in [0.15, 0.2) is 36.4 Å². The molecule has 0 bridgehead atoms. The van der Waals surface area contributed by atoms with Gasteiger partial charge in [0.05, 0.1) is 15.4 Å². The molecule has 3 rings (SSSR count). The number of ether oxygens (including phenoxy) is 1. The monoisotopic (exact) mass is 298 g/mol. The molecule has 1 heterocycles. The van der Waals surface area contributed by atoms with E-state index in [1.54, 1.807) is 5.19 Å². The Kier molecular flexibility index (Phi) is 5.10. The third-order valence-electron chi connectivity index (χ3n) is 4.74. The summed E-state index contributed by atoms with van der Waals surface area (Å²) in [6.45, 7) is 3.84. The molecule has 1 aliphatic heterocycles. The van der Waals surface area contributed by atoms with E-state index < -0.39 is 8.80 Å². The molecule has 0 aliphatic carbocycles. The van der Waals surface area contributed by atoms with E-state index in [4.69, 9.17) is 4.74 Å². The molecule has 0 saturated carbocycles. The molecule has 0 unspecified atom stereocenters. The zero-order valence-electron chi connectivity index (χ0n) is 13.1. The molecule has 1 aliphatic rings. The first kappa shape index (κ1) is 14.8. The highest BCUT2D eigenvalue weighted by atomic mass is 28.3. The van der Waals surface area contributed by atoms with Crippen molar-refractivity contribution in [1.82, 2.24) is 0 Å². The van der Waals surface area contributed by atoms with E-state index in [-0.39, 0.29) is 0 Å². The fourth-order valence-electron chi connectivity index (χ4n) is 3.53. The second-order valence-electron chi connectivity index (χ2n) is 6.25. The number of rotatable bonds is 6. The molecule has 0 aromatic heterocycles. The number of benzene rings is 2. The Bertz CT molecular complexity index is 587. The minimum Gasteiger partial charge on any atom is -0.377 e. The second-order valence-corrected chi connectivity index (χ2v) is 9.42. The van der Waals surface area contributed by atoms with Crippen molar-refractivity contribution in [3.05, 3.63) is 42.0 Å². The average Bonchev–Trinajstić information content (AvgIpc) is 3.05. The lowest BCUT2D eigenvalue weighted by Crippen LogP contribution is -2.27. The quantitative estimate of drug-likeness (QED) is 0.568. The summed E-state index contributed by atoms with van der Waals surface area (Å²) in [7, 11) is -0.689. The predicted octanol–water partition coefficient (Wildman–Crippen LogP) is 4.38. The molecule has 1 fully saturated rings. The highest BCUT2D eigenvalue weighted by molar-refractivity contribution is 6.76. The fourth-order valence-corrected chi connectivity index (χ4v) is 7.07. The Morgan fingerprint density at radius 2 is 1.76 bits per heavy atom. The van der Waals surface area contributed by atoms with Crippen LogP contribution in [0.3, 0.4) is 0 Å². The van der Waals surface area contributed by atoms with Crippen molar-refractivity contribution in [2.45, 2.75) is 51.3 Å². The molecule has 0 amide bonds. The lowest BCUT2D eigenvalue weighted by atomic mass is 10.1. The fraction of sp³-hybridized carbons (Fsp3) is 0.474. The molecule has 0 N–H and O–H groups in total. The molecule has 0 spiro atoms. The van der Waals surface area contributed by atoms with Gasteiger partial charge in [0.15, 0.2) is 0 Å². The van der Waals surface area contributed by atoms with Gasteiger partial charge in [-0.15, -0.1) is 0 Å². The van der Waals surface area contributed by atoms with Gasteiger partial charge in [0, 0.05) is 6.61 Å². The molecular formula is C19H26OSi. The smallest absolute Gasteiger partial charge is 0.0722 e. The van der Waals surface area contributed by atoms with Gasteiger partial charge in [0.2, 0.25) is 0 Å². The first-order chi connectivity index (χ1) is 10.4. The average molecular weight is 299 g/mol. The van der Waals surface area contributed by atoms with Crippen molar-refractivity contribution >= 4 is 24.8 Å². The van der Waals surface area contributed by atoms with E-state index in [0.717, 1.165) is 19.6 Å². The first-order valence-corrected chi connectivity index (χ1v) is 10.7. The summed E-state index contributed by atoms with van der Waals surface area (Å²) >= 11 is 0. The summed E-state index contributed by atoms with van der Waals surface area (Å²) < 4.78 is 5.84. The normalized spacial score (nSPS) is 15.9. The van der Waals surface area contributed by atoms with Crippen LogP contribution in [0.5, 0.6) is 0 Å². The Labute approximate surface area is 129 Å². The molecule has 2 heteroatoms. The van der Waals surface area contributed by atoms with Crippen molar-refractivity contribution < 1.29 is 4.74 Å². The van der Waals surface area contributed by atoms with Gasteiger partial charge in [0.25, 0.3) is 0 Å². The zero-order chi connectivity index (χ0) is 14.5. The maximum atomic E-state index is 5.84. The topological polar surface area (TPSA) is 9.23 Å². The summed E-state index contributed by atoms with van der Waals surface area (Å²) in [6, 6.07) is 16.7. The molecule has 1 saturated heterocycles. The Morgan fingerprint density at radius 1 is 1.00 bits per heavy atom. The molecule has 2 aromatic carbocycles. The first-order valence-electron chi connectivity index (χ1n) is 8.48. The zero-order valence-corrected chi connectivity index (χ0v) is 14.3. The molecule has 0 atom stereocenters. The van der Waals surface area contributed by atoms with Gasteiger partial charge in [-0.05, 0) is 22.8 Å². The number of hydrogen-bond acceptors (Lipinski definition) is 1. The van der Waals surface area contributed by atoms with E-state index in [2.05, 4.69) is 43.3 Å². The van der Waals surface area contributed by atoms with Gasteiger partial charge in [-0.25, -0.2) is 0 Å². The summed E-state index contributed by atoms with van der Waals surface area (Å²) in [4.78, 5) is 0. The van der Waals surface area contributed by atoms with E-state index >= 15 is 0 Å². The minimum absolute atomic E-state index is 0.689. The van der Waals surface area contributed by atoms with E-state index in [9.17, 15) is 0 Å². The van der Waals surface area contributed by atoms with Gasteiger partial charge in [-0.1, -0.05) is 79.9 Å². The summed E-state index contributed by atoms with van der Waals surface area (Å²) in [5.74, 6) is 0. The van der Waals surface area contributed by atoms with Gasteiger partial charge in [-0.3, -0.25) is 0 Å². The summed E-state index contributed by atoms with van der Waals surface area (Å²) in [5.41, 5.74) is 1.36. The molecule has 1 nitrogen and oxygen atoms in total. The van der Waals surface area contributed by atoms with Gasteiger partial charge in [0.1, 0.15) is 0 Å². The summed E-state index contributed by atoms with van der Waals surface area (Å²) in [5, 5.41) is 4.62. The Morgan fingerprint density at radius 3 is 2.52 bits per heavy atom. The van der Waals surface area contributed by atoms with Gasteiger partial charge >= 0.3 is 0 Å².